The Hall–Kier alpha value is -1.13. The van der Waals surface area contributed by atoms with Crippen molar-refractivity contribution in [3.63, 3.8) is 0 Å². The van der Waals surface area contributed by atoms with Crippen LogP contribution in [0.1, 0.15) is 0 Å². The van der Waals surface area contributed by atoms with E-state index in [4.69, 9.17) is 13.7 Å². The minimum Gasteiger partial charge on any atom is -0.293 e. The molecule has 2 amide bonds. The van der Waals surface area contributed by atoms with Crippen LogP contribution < -0.4 is 5.32 Å². The number of imide groups is 1. The molecule has 0 aromatic carbocycles. The highest BCUT2D eigenvalue weighted by molar-refractivity contribution is 8.08. The summed E-state index contributed by atoms with van der Waals surface area (Å²) >= 11 is 0. The van der Waals surface area contributed by atoms with E-state index in [1.807, 2.05) is 0 Å². The first-order valence-electron chi connectivity index (χ1n) is 3.93. The van der Waals surface area contributed by atoms with Gasteiger partial charge in [0.2, 0.25) is 5.25 Å². The molecule has 0 bridgehead atoms. The fraction of sp³-hybridized carbons (Fsp3) is 0.500. The quantitative estimate of drug-likeness (QED) is 0.291. The van der Waals surface area contributed by atoms with Gasteiger partial charge >= 0.3 is 4.08 Å². The molecule has 0 spiro atoms. The summed E-state index contributed by atoms with van der Waals surface area (Å²) in [7, 11) is -18.1. The second-order valence-electron chi connectivity index (χ2n) is 3.33. The number of rotatable bonds is 3. The first-order chi connectivity index (χ1) is 8.17. The van der Waals surface area contributed by atoms with Crippen LogP contribution in [0.15, 0.2) is 0 Å². The molecule has 1 unspecified atom stereocenters. The van der Waals surface area contributed by atoms with Gasteiger partial charge in [0.25, 0.3) is 42.2 Å². The molecule has 1 rings (SSSR count). The van der Waals surface area contributed by atoms with Gasteiger partial charge in [0.1, 0.15) is 0 Å². The van der Waals surface area contributed by atoms with E-state index in [1.165, 1.54) is 0 Å². The minimum absolute atomic E-state index is 0.982. The molecule has 4 N–H and O–H groups in total. The van der Waals surface area contributed by atoms with Crippen molar-refractivity contribution in [3.05, 3.63) is 0 Å². The van der Waals surface area contributed by atoms with Gasteiger partial charge in [0.15, 0.2) is 0 Å². The number of hydrogen-bond donors (Lipinski definition) is 4. The van der Waals surface area contributed by atoms with Crippen LogP contribution >= 0.6 is 0 Å². The van der Waals surface area contributed by atoms with E-state index in [1.54, 1.807) is 0 Å². The first-order valence-corrected chi connectivity index (χ1v) is 8.31. The number of amides is 2. The van der Waals surface area contributed by atoms with Crippen molar-refractivity contribution >= 4 is 42.2 Å². The van der Waals surface area contributed by atoms with Crippen molar-refractivity contribution in [1.29, 1.82) is 0 Å². The Bertz CT molecular complexity index is 723. The van der Waals surface area contributed by atoms with Gasteiger partial charge < -0.3 is 0 Å². The lowest BCUT2D eigenvalue weighted by atomic mass is 10.3. The zero-order valence-corrected chi connectivity index (χ0v) is 10.9. The average Bonchev–Trinajstić information content (AvgIpc) is 2.33. The normalized spacial score (nSPS) is 24.3. The van der Waals surface area contributed by atoms with E-state index in [0.29, 0.717) is 0 Å². The van der Waals surface area contributed by atoms with Gasteiger partial charge in [-0.2, -0.15) is 25.3 Å². The molecule has 1 aliphatic heterocycles. The smallest absolute Gasteiger partial charge is 0.293 e. The van der Waals surface area contributed by atoms with E-state index in [2.05, 4.69) is 0 Å². The molecule has 1 heterocycles. The molecule has 1 saturated heterocycles. The molecule has 12 nitrogen and oxygen atoms in total. The van der Waals surface area contributed by atoms with Crippen LogP contribution in [0.4, 0.5) is 0 Å². The summed E-state index contributed by atoms with van der Waals surface area (Å²) in [6.45, 7) is 0. The molecule has 1 fully saturated rings. The lowest BCUT2D eigenvalue weighted by molar-refractivity contribution is -0.124. The van der Waals surface area contributed by atoms with Crippen molar-refractivity contribution in [2.75, 3.05) is 0 Å². The lowest BCUT2D eigenvalue weighted by Gasteiger charge is -2.22. The van der Waals surface area contributed by atoms with Crippen molar-refractivity contribution in [3.8, 4) is 0 Å². The van der Waals surface area contributed by atoms with Crippen LogP contribution in [-0.2, 0) is 39.9 Å². The minimum atomic E-state index is -6.15. The third-order valence-electron chi connectivity index (χ3n) is 2.20. The third kappa shape index (κ3) is 2.03. The zero-order valence-electron chi connectivity index (χ0n) is 8.41. The van der Waals surface area contributed by atoms with E-state index >= 15 is 0 Å². The van der Waals surface area contributed by atoms with Crippen molar-refractivity contribution < 1.29 is 48.5 Å². The molecule has 110 valence electrons. The molecule has 0 aliphatic carbocycles. The van der Waals surface area contributed by atoms with Gasteiger partial charge in [-0.3, -0.25) is 28.6 Å². The second kappa shape index (κ2) is 3.93. The summed E-state index contributed by atoms with van der Waals surface area (Å²) in [6.07, 6.45) is 0. The van der Waals surface area contributed by atoms with E-state index < -0.39 is 51.5 Å². The van der Waals surface area contributed by atoms with Crippen molar-refractivity contribution in [2.24, 2.45) is 0 Å². The average molecular weight is 339 g/mol. The van der Waals surface area contributed by atoms with Gasteiger partial charge in [-0.15, -0.1) is 0 Å². The summed E-state index contributed by atoms with van der Waals surface area (Å²) in [5.41, 5.74) is 0. The fourth-order valence-electron chi connectivity index (χ4n) is 1.53. The highest BCUT2D eigenvalue weighted by Gasteiger charge is 2.76. The molecule has 1 atom stereocenters. The molecular formula is C4H5NO11S3. The Morgan fingerprint density at radius 2 is 1.26 bits per heavy atom. The standard InChI is InChI=1S/C4H5NO11S3/c6-2-1(17(8,9)10)4(3(7)5-2,18(11,12)13)19(14,15)16/h1H,(H,5,6,7)(H,8,9,10)(H,11,12,13)(H,14,15,16). The summed E-state index contributed by atoms with van der Waals surface area (Å²) in [4.78, 5) is 22.4. The lowest BCUT2D eigenvalue weighted by Crippen LogP contribution is -2.60. The molecule has 15 heteroatoms. The number of nitrogens with one attached hydrogen (secondary N) is 1. The third-order valence-corrected chi connectivity index (χ3v) is 7.30. The largest absolute Gasteiger partial charge is 0.327 e. The van der Waals surface area contributed by atoms with E-state index in [9.17, 15) is 34.8 Å². The summed E-state index contributed by atoms with van der Waals surface area (Å²) in [6, 6.07) is 0. The van der Waals surface area contributed by atoms with Crippen LogP contribution in [0.3, 0.4) is 0 Å². The summed E-state index contributed by atoms with van der Waals surface area (Å²) < 4.78 is 87.7. The van der Waals surface area contributed by atoms with Crippen molar-refractivity contribution in [2.45, 2.75) is 9.33 Å². The van der Waals surface area contributed by atoms with Crippen LogP contribution in [0.25, 0.3) is 0 Å². The summed E-state index contributed by atoms with van der Waals surface area (Å²) in [5.74, 6) is -4.37. The molecule has 1 aliphatic rings. The van der Waals surface area contributed by atoms with Crippen LogP contribution in [0, 0.1) is 0 Å². The maximum Gasteiger partial charge on any atom is 0.327 e. The fourth-order valence-corrected chi connectivity index (χ4v) is 6.20. The molecule has 19 heavy (non-hydrogen) atoms. The van der Waals surface area contributed by atoms with Crippen LogP contribution in [0.2, 0.25) is 0 Å². The van der Waals surface area contributed by atoms with Crippen molar-refractivity contribution in [1.82, 2.24) is 5.32 Å². The van der Waals surface area contributed by atoms with Gasteiger partial charge in [0, 0.05) is 0 Å². The predicted octanol–water partition coefficient (Wildman–Crippen LogP) is -3.63. The number of hydrogen-bond acceptors (Lipinski definition) is 8. The summed E-state index contributed by atoms with van der Waals surface area (Å²) in [5, 5.41) is -2.48. The highest BCUT2D eigenvalue weighted by atomic mass is 32.3. The first kappa shape index (κ1) is 15.9. The number of carbonyl (C=O) groups is 2. The molecule has 0 aromatic heterocycles. The zero-order chi connectivity index (χ0) is 15.4. The van der Waals surface area contributed by atoms with E-state index in [-0.39, 0.29) is 0 Å². The Kier molecular flexibility index (Phi) is 3.30. The molecule has 0 aromatic rings. The highest BCUT2D eigenvalue weighted by Crippen LogP contribution is 2.35. The van der Waals surface area contributed by atoms with Gasteiger partial charge in [-0.05, 0) is 0 Å². The SMILES string of the molecule is O=C1NC(=O)C(S(=O)(=O)O)(S(=O)(=O)O)C1S(=O)(=O)O. The monoisotopic (exact) mass is 339 g/mol. The second-order valence-corrected chi connectivity index (χ2v) is 8.28. The van der Waals surface area contributed by atoms with Gasteiger partial charge in [0.05, 0.1) is 0 Å². The van der Waals surface area contributed by atoms with Gasteiger partial charge in [-0.25, -0.2) is 0 Å². The number of carbonyl (C=O) groups excluding carboxylic acids is 2. The Morgan fingerprint density at radius 1 is 0.895 bits per heavy atom. The van der Waals surface area contributed by atoms with Gasteiger partial charge in [-0.1, -0.05) is 0 Å². The predicted molar refractivity (Wildman–Crippen MR) is 54.3 cm³/mol. The molecule has 0 saturated carbocycles. The van der Waals surface area contributed by atoms with Crippen LogP contribution in [0.5, 0.6) is 0 Å². The Morgan fingerprint density at radius 3 is 1.47 bits per heavy atom. The molecular weight excluding hydrogens is 334 g/mol. The van der Waals surface area contributed by atoms with Crippen LogP contribution in [-0.4, -0.2) is 60.1 Å². The maximum absolute atomic E-state index is 11.3. The Labute approximate surface area is 106 Å². The topological polar surface area (TPSA) is 209 Å². The molecule has 0 radical (unpaired) electrons. The Balaban J connectivity index is 4.02. The van der Waals surface area contributed by atoms with E-state index in [0.717, 1.165) is 5.32 Å². The maximum atomic E-state index is 11.3.